The number of hydrogen-bond donors (Lipinski definition) is 2. The lowest BCUT2D eigenvalue weighted by Gasteiger charge is -2.13. The van der Waals surface area contributed by atoms with E-state index < -0.39 is 17.8 Å². The van der Waals surface area contributed by atoms with Crippen molar-refractivity contribution < 1.29 is 19.0 Å². The second kappa shape index (κ2) is 4.27. The van der Waals surface area contributed by atoms with Crippen LogP contribution in [0.15, 0.2) is 12.1 Å². The summed E-state index contributed by atoms with van der Waals surface area (Å²) >= 11 is 0. The van der Waals surface area contributed by atoms with Crippen LogP contribution in [0.25, 0.3) is 0 Å². The summed E-state index contributed by atoms with van der Waals surface area (Å²) in [6.45, 7) is 1.53. The van der Waals surface area contributed by atoms with Gasteiger partial charge in [0, 0.05) is 11.6 Å². The standard InChI is InChI=1S/C10H12FNO3/c1-5-3-6(9(12)10(13)14)8(15-2)4-7(5)11/h3-4,9H,12H2,1-2H3,(H,13,14). The van der Waals surface area contributed by atoms with Crippen LogP contribution in [-0.4, -0.2) is 18.2 Å². The van der Waals surface area contributed by atoms with E-state index in [1.165, 1.54) is 20.1 Å². The van der Waals surface area contributed by atoms with E-state index in [2.05, 4.69) is 0 Å². The Hall–Kier alpha value is -1.62. The molecule has 1 atom stereocenters. The average Bonchev–Trinajstić information content (AvgIpc) is 2.20. The van der Waals surface area contributed by atoms with Gasteiger partial charge in [0.15, 0.2) is 0 Å². The molecule has 0 amide bonds. The molecule has 0 aliphatic carbocycles. The van der Waals surface area contributed by atoms with Crippen LogP contribution in [-0.2, 0) is 4.79 Å². The highest BCUT2D eigenvalue weighted by Crippen LogP contribution is 2.27. The van der Waals surface area contributed by atoms with Gasteiger partial charge < -0.3 is 15.6 Å². The van der Waals surface area contributed by atoms with Crippen LogP contribution in [0, 0.1) is 12.7 Å². The van der Waals surface area contributed by atoms with Gasteiger partial charge in [0.05, 0.1) is 7.11 Å². The van der Waals surface area contributed by atoms with Crippen LogP contribution in [0.2, 0.25) is 0 Å². The molecule has 0 fully saturated rings. The number of carboxylic acids is 1. The normalized spacial score (nSPS) is 12.3. The Labute approximate surface area is 86.5 Å². The number of aliphatic carboxylic acids is 1. The molecule has 4 nitrogen and oxygen atoms in total. The van der Waals surface area contributed by atoms with Crippen molar-refractivity contribution in [3.63, 3.8) is 0 Å². The molecule has 0 spiro atoms. The fourth-order valence-electron chi connectivity index (χ4n) is 1.24. The summed E-state index contributed by atoms with van der Waals surface area (Å²) in [5.41, 5.74) is 6.03. The van der Waals surface area contributed by atoms with Crippen LogP contribution < -0.4 is 10.5 Å². The zero-order chi connectivity index (χ0) is 11.6. The second-order valence-electron chi connectivity index (χ2n) is 3.16. The largest absolute Gasteiger partial charge is 0.496 e. The number of halogens is 1. The Morgan fingerprint density at radius 3 is 2.67 bits per heavy atom. The maximum atomic E-state index is 13.1. The van der Waals surface area contributed by atoms with E-state index in [0.717, 1.165) is 6.07 Å². The lowest BCUT2D eigenvalue weighted by atomic mass is 10.0. The quantitative estimate of drug-likeness (QED) is 0.792. The van der Waals surface area contributed by atoms with E-state index in [9.17, 15) is 9.18 Å². The van der Waals surface area contributed by atoms with E-state index >= 15 is 0 Å². The molecule has 0 saturated carbocycles. The van der Waals surface area contributed by atoms with Crippen LogP contribution in [0.1, 0.15) is 17.2 Å². The summed E-state index contributed by atoms with van der Waals surface area (Å²) in [5, 5.41) is 8.74. The molecule has 0 saturated heterocycles. The van der Waals surface area contributed by atoms with Crippen LogP contribution in [0.4, 0.5) is 4.39 Å². The van der Waals surface area contributed by atoms with Gasteiger partial charge in [-0.1, -0.05) is 0 Å². The van der Waals surface area contributed by atoms with Crippen molar-refractivity contribution in [3.8, 4) is 5.75 Å². The predicted molar refractivity (Wildman–Crippen MR) is 52.3 cm³/mol. The van der Waals surface area contributed by atoms with E-state index in [-0.39, 0.29) is 11.3 Å². The maximum Gasteiger partial charge on any atom is 0.325 e. The number of benzene rings is 1. The Morgan fingerprint density at radius 1 is 1.60 bits per heavy atom. The molecule has 0 aromatic heterocycles. The first-order chi connectivity index (χ1) is 6.97. The summed E-state index contributed by atoms with van der Waals surface area (Å²) in [6.07, 6.45) is 0. The number of hydrogen-bond acceptors (Lipinski definition) is 3. The number of ether oxygens (including phenoxy) is 1. The Bertz CT molecular complexity index is 392. The second-order valence-corrected chi connectivity index (χ2v) is 3.16. The number of carbonyl (C=O) groups is 1. The van der Waals surface area contributed by atoms with Gasteiger partial charge in [0.2, 0.25) is 0 Å². The first-order valence-electron chi connectivity index (χ1n) is 4.29. The van der Waals surface area contributed by atoms with Crippen molar-refractivity contribution in [2.75, 3.05) is 7.11 Å². The summed E-state index contributed by atoms with van der Waals surface area (Å²) in [5.74, 6) is -1.49. The molecule has 0 bridgehead atoms. The first kappa shape index (κ1) is 11.5. The lowest BCUT2D eigenvalue weighted by molar-refractivity contribution is -0.138. The number of nitrogens with two attached hydrogens (primary N) is 1. The number of carboxylic acid groups (broad SMARTS) is 1. The fourth-order valence-corrected chi connectivity index (χ4v) is 1.24. The first-order valence-corrected chi connectivity index (χ1v) is 4.29. The van der Waals surface area contributed by atoms with Crippen molar-refractivity contribution >= 4 is 5.97 Å². The van der Waals surface area contributed by atoms with Gasteiger partial charge >= 0.3 is 5.97 Å². The number of aryl methyl sites for hydroxylation is 1. The monoisotopic (exact) mass is 213 g/mol. The molecule has 5 heteroatoms. The molecule has 82 valence electrons. The average molecular weight is 213 g/mol. The van der Waals surface area contributed by atoms with Gasteiger partial charge in [-0.3, -0.25) is 4.79 Å². The number of rotatable bonds is 3. The molecular weight excluding hydrogens is 201 g/mol. The van der Waals surface area contributed by atoms with Crippen molar-refractivity contribution in [3.05, 3.63) is 29.1 Å². The van der Waals surface area contributed by atoms with Crippen LogP contribution >= 0.6 is 0 Å². The molecule has 0 aliphatic rings. The van der Waals surface area contributed by atoms with E-state index in [1.54, 1.807) is 0 Å². The molecule has 0 heterocycles. The van der Waals surface area contributed by atoms with Crippen molar-refractivity contribution in [1.29, 1.82) is 0 Å². The minimum atomic E-state index is -1.21. The van der Waals surface area contributed by atoms with E-state index in [1.807, 2.05) is 0 Å². The molecular formula is C10H12FNO3. The highest BCUT2D eigenvalue weighted by Gasteiger charge is 2.20. The van der Waals surface area contributed by atoms with Gasteiger partial charge in [-0.25, -0.2) is 4.39 Å². The minimum Gasteiger partial charge on any atom is -0.496 e. The molecule has 1 aromatic carbocycles. The Balaban J connectivity index is 3.27. The maximum absolute atomic E-state index is 13.1. The fraction of sp³-hybridized carbons (Fsp3) is 0.300. The predicted octanol–water partition coefficient (Wildman–Crippen LogP) is 1.23. The third-order valence-corrected chi connectivity index (χ3v) is 2.11. The summed E-state index contributed by atoms with van der Waals surface area (Å²) in [7, 11) is 1.34. The molecule has 0 radical (unpaired) electrons. The zero-order valence-electron chi connectivity index (χ0n) is 8.45. The zero-order valence-corrected chi connectivity index (χ0v) is 8.45. The van der Waals surface area contributed by atoms with Gasteiger partial charge in [0.25, 0.3) is 0 Å². The van der Waals surface area contributed by atoms with Crippen molar-refractivity contribution in [1.82, 2.24) is 0 Å². The molecule has 3 N–H and O–H groups in total. The van der Waals surface area contributed by atoms with Gasteiger partial charge in [-0.05, 0) is 18.6 Å². The lowest BCUT2D eigenvalue weighted by Crippen LogP contribution is -2.21. The van der Waals surface area contributed by atoms with Crippen LogP contribution in [0.5, 0.6) is 5.75 Å². The van der Waals surface area contributed by atoms with E-state index in [0.29, 0.717) is 5.56 Å². The highest BCUT2D eigenvalue weighted by atomic mass is 19.1. The number of methoxy groups -OCH3 is 1. The van der Waals surface area contributed by atoms with Gasteiger partial charge in [-0.2, -0.15) is 0 Å². The van der Waals surface area contributed by atoms with Crippen molar-refractivity contribution in [2.45, 2.75) is 13.0 Å². The minimum absolute atomic E-state index is 0.146. The van der Waals surface area contributed by atoms with Crippen molar-refractivity contribution in [2.24, 2.45) is 5.73 Å². The summed E-state index contributed by atoms with van der Waals surface area (Å²) in [4.78, 5) is 10.7. The molecule has 1 unspecified atom stereocenters. The van der Waals surface area contributed by atoms with Gasteiger partial charge in [-0.15, -0.1) is 0 Å². The summed E-state index contributed by atoms with van der Waals surface area (Å²) in [6, 6.07) is 1.31. The molecule has 1 aromatic rings. The van der Waals surface area contributed by atoms with Gasteiger partial charge in [0.1, 0.15) is 17.6 Å². The summed E-state index contributed by atoms with van der Waals surface area (Å²) < 4.78 is 18.0. The molecule has 0 aliphatic heterocycles. The SMILES string of the molecule is COc1cc(F)c(C)cc1C(N)C(=O)O. The topological polar surface area (TPSA) is 72.5 Å². The smallest absolute Gasteiger partial charge is 0.325 e. The molecule has 15 heavy (non-hydrogen) atoms. The third kappa shape index (κ3) is 2.24. The van der Waals surface area contributed by atoms with E-state index in [4.69, 9.17) is 15.6 Å². The van der Waals surface area contributed by atoms with Crippen LogP contribution in [0.3, 0.4) is 0 Å². The molecule has 1 rings (SSSR count). The Kier molecular flexibility index (Phi) is 3.26. The highest BCUT2D eigenvalue weighted by molar-refractivity contribution is 5.76. The Morgan fingerprint density at radius 2 is 2.20 bits per heavy atom. The third-order valence-electron chi connectivity index (χ3n) is 2.11.